The summed E-state index contributed by atoms with van der Waals surface area (Å²) in [5.41, 5.74) is 1.09. The Hall–Kier alpha value is -3.36. The SMILES string of the molecule is CCc1nnc(N2CCN(C(=O)c3cc(-c4cccc(OC)c4)on3)CC2)o1. The number of aromatic nitrogens is 3. The van der Waals surface area contributed by atoms with E-state index in [2.05, 4.69) is 15.4 Å². The number of amides is 1. The topological polar surface area (TPSA) is 97.7 Å². The zero-order valence-corrected chi connectivity index (χ0v) is 15.8. The van der Waals surface area contributed by atoms with E-state index in [9.17, 15) is 4.79 Å². The van der Waals surface area contributed by atoms with Crippen LogP contribution >= 0.6 is 0 Å². The fraction of sp³-hybridized carbons (Fsp3) is 0.368. The maximum absolute atomic E-state index is 12.8. The van der Waals surface area contributed by atoms with E-state index in [1.165, 1.54) is 0 Å². The molecule has 1 amide bonds. The van der Waals surface area contributed by atoms with Crippen LogP contribution in [0.4, 0.5) is 6.01 Å². The van der Waals surface area contributed by atoms with Crippen molar-refractivity contribution in [3.8, 4) is 17.1 Å². The maximum atomic E-state index is 12.8. The molecule has 0 radical (unpaired) electrons. The molecule has 1 aromatic carbocycles. The van der Waals surface area contributed by atoms with Crippen LogP contribution in [-0.2, 0) is 6.42 Å². The van der Waals surface area contributed by atoms with Crippen molar-refractivity contribution in [1.82, 2.24) is 20.3 Å². The van der Waals surface area contributed by atoms with E-state index in [1.54, 1.807) is 18.1 Å². The second-order valence-corrected chi connectivity index (χ2v) is 6.42. The number of anilines is 1. The lowest BCUT2D eigenvalue weighted by atomic mass is 10.1. The summed E-state index contributed by atoms with van der Waals surface area (Å²) in [5.74, 6) is 1.70. The van der Waals surface area contributed by atoms with Crippen LogP contribution in [0.15, 0.2) is 39.3 Å². The van der Waals surface area contributed by atoms with E-state index in [1.807, 2.05) is 36.1 Å². The second-order valence-electron chi connectivity index (χ2n) is 6.42. The molecule has 1 fully saturated rings. The molecular formula is C19H21N5O4. The molecule has 0 saturated carbocycles. The summed E-state index contributed by atoms with van der Waals surface area (Å²) < 4.78 is 16.2. The van der Waals surface area contributed by atoms with Gasteiger partial charge in [-0.3, -0.25) is 4.79 Å². The van der Waals surface area contributed by atoms with Gasteiger partial charge >= 0.3 is 6.01 Å². The van der Waals surface area contributed by atoms with E-state index in [4.69, 9.17) is 13.7 Å². The largest absolute Gasteiger partial charge is 0.497 e. The minimum Gasteiger partial charge on any atom is -0.497 e. The molecule has 9 nitrogen and oxygen atoms in total. The van der Waals surface area contributed by atoms with Crippen molar-refractivity contribution in [2.45, 2.75) is 13.3 Å². The minimum atomic E-state index is -0.155. The molecule has 3 aromatic rings. The second kappa shape index (κ2) is 7.71. The zero-order chi connectivity index (χ0) is 19.5. The lowest BCUT2D eigenvalue weighted by Gasteiger charge is -2.33. The molecule has 0 spiro atoms. The number of carbonyl (C=O) groups is 1. The fourth-order valence-electron chi connectivity index (χ4n) is 3.07. The van der Waals surface area contributed by atoms with Crippen LogP contribution in [0.1, 0.15) is 23.3 Å². The Labute approximate surface area is 161 Å². The van der Waals surface area contributed by atoms with Gasteiger partial charge in [0.05, 0.1) is 7.11 Å². The Morgan fingerprint density at radius 2 is 2.00 bits per heavy atom. The Kier molecular flexibility index (Phi) is 4.96. The molecule has 0 aliphatic carbocycles. The standard InChI is InChI=1S/C19H21N5O4/c1-3-17-20-21-19(27-17)24-9-7-23(8-10-24)18(25)15-12-16(28-22-15)13-5-4-6-14(11-13)26-2/h4-6,11-12H,3,7-10H2,1-2H3. The maximum Gasteiger partial charge on any atom is 0.318 e. The van der Waals surface area contributed by atoms with Crippen molar-refractivity contribution in [2.75, 3.05) is 38.2 Å². The highest BCUT2D eigenvalue weighted by Gasteiger charge is 2.27. The molecule has 1 aliphatic heterocycles. The van der Waals surface area contributed by atoms with Gasteiger partial charge in [-0.25, -0.2) is 0 Å². The lowest BCUT2D eigenvalue weighted by molar-refractivity contribution is 0.0734. The zero-order valence-electron chi connectivity index (χ0n) is 15.8. The molecule has 1 saturated heterocycles. The van der Waals surface area contributed by atoms with Gasteiger partial charge in [0.25, 0.3) is 5.91 Å². The van der Waals surface area contributed by atoms with Crippen molar-refractivity contribution < 1.29 is 18.5 Å². The average molecular weight is 383 g/mol. The summed E-state index contributed by atoms with van der Waals surface area (Å²) in [6.07, 6.45) is 0.702. The van der Waals surface area contributed by atoms with Gasteiger partial charge in [-0.2, -0.15) is 0 Å². The minimum absolute atomic E-state index is 0.155. The lowest BCUT2D eigenvalue weighted by Crippen LogP contribution is -2.49. The summed E-state index contributed by atoms with van der Waals surface area (Å²) in [6, 6.07) is 9.59. The predicted molar refractivity (Wildman–Crippen MR) is 100 cm³/mol. The molecule has 0 bridgehead atoms. The first-order chi connectivity index (χ1) is 13.7. The fourth-order valence-corrected chi connectivity index (χ4v) is 3.07. The van der Waals surface area contributed by atoms with E-state index in [0.717, 1.165) is 5.56 Å². The van der Waals surface area contributed by atoms with Crippen LogP contribution in [-0.4, -0.2) is 59.4 Å². The van der Waals surface area contributed by atoms with Crippen molar-refractivity contribution in [3.63, 3.8) is 0 Å². The molecule has 0 atom stereocenters. The van der Waals surface area contributed by atoms with E-state index in [0.29, 0.717) is 56.0 Å². The number of nitrogens with zero attached hydrogens (tertiary/aromatic N) is 5. The van der Waals surface area contributed by atoms with Crippen LogP contribution in [0, 0.1) is 0 Å². The molecule has 2 aromatic heterocycles. The predicted octanol–water partition coefficient (Wildman–Crippen LogP) is 2.26. The first kappa shape index (κ1) is 18.0. The Bertz CT molecular complexity index is 959. The van der Waals surface area contributed by atoms with Crippen molar-refractivity contribution >= 4 is 11.9 Å². The van der Waals surface area contributed by atoms with Crippen LogP contribution in [0.5, 0.6) is 5.75 Å². The number of rotatable bonds is 5. The van der Waals surface area contributed by atoms with Crippen LogP contribution in [0.3, 0.4) is 0 Å². The number of piperazine rings is 1. The number of hydrogen-bond donors (Lipinski definition) is 0. The van der Waals surface area contributed by atoms with Gasteiger partial charge in [0.1, 0.15) is 5.75 Å². The Balaban J connectivity index is 1.41. The highest BCUT2D eigenvalue weighted by Crippen LogP contribution is 2.25. The molecule has 0 N–H and O–H groups in total. The molecule has 28 heavy (non-hydrogen) atoms. The summed E-state index contributed by atoms with van der Waals surface area (Å²) in [6.45, 7) is 4.30. The molecule has 4 rings (SSSR count). The smallest absolute Gasteiger partial charge is 0.318 e. The molecule has 3 heterocycles. The van der Waals surface area contributed by atoms with Crippen molar-refractivity contribution in [1.29, 1.82) is 0 Å². The van der Waals surface area contributed by atoms with E-state index in [-0.39, 0.29) is 11.6 Å². The van der Waals surface area contributed by atoms with Crippen LogP contribution in [0.2, 0.25) is 0 Å². The molecule has 1 aliphatic rings. The highest BCUT2D eigenvalue weighted by molar-refractivity contribution is 5.93. The first-order valence-corrected chi connectivity index (χ1v) is 9.15. The average Bonchev–Trinajstić information content (AvgIpc) is 3.43. The number of ether oxygens (including phenoxy) is 1. The number of methoxy groups -OCH3 is 1. The molecular weight excluding hydrogens is 362 g/mol. The van der Waals surface area contributed by atoms with Gasteiger partial charge < -0.3 is 23.5 Å². The number of hydrogen-bond acceptors (Lipinski definition) is 8. The third-order valence-electron chi connectivity index (χ3n) is 4.68. The normalized spacial score (nSPS) is 14.4. The summed E-state index contributed by atoms with van der Waals surface area (Å²) in [5, 5.41) is 12.0. The first-order valence-electron chi connectivity index (χ1n) is 9.15. The summed E-state index contributed by atoms with van der Waals surface area (Å²) in [4.78, 5) is 16.5. The van der Waals surface area contributed by atoms with Crippen LogP contribution in [0.25, 0.3) is 11.3 Å². The number of carbonyl (C=O) groups excluding carboxylic acids is 1. The number of benzene rings is 1. The quantitative estimate of drug-likeness (QED) is 0.662. The number of aryl methyl sites for hydroxylation is 1. The van der Waals surface area contributed by atoms with Crippen molar-refractivity contribution in [2.24, 2.45) is 0 Å². The van der Waals surface area contributed by atoms with Gasteiger partial charge in [0.2, 0.25) is 5.89 Å². The third-order valence-corrected chi connectivity index (χ3v) is 4.68. The summed E-state index contributed by atoms with van der Waals surface area (Å²) >= 11 is 0. The molecule has 0 unspecified atom stereocenters. The Morgan fingerprint density at radius 1 is 1.18 bits per heavy atom. The van der Waals surface area contributed by atoms with Gasteiger partial charge in [0.15, 0.2) is 11.5 Å². The monoisotopic (exact) mass is 383 g/mol. The summed E-state index contributed by atoms with van der Waals surface area (Å²) in [7, 11) is 1.60. The Morgan fingerprint density at radius 3 is 2.71 bits per heavy atom. The molecule has 9 heteroatoms. The molecule has 146 valence electrons. The van der Waals surface area contributed by atoms with E-state index < -0.39 is 0 Å². The third kappa shape index (κ3) is 3.55. The van der Waals surface area contributed by atoms with Crippen LogP contribution < -0.4 is 9.64 Å². The van der Waals surface area contributed by atoms with Gasteiger partial charge in [0, 0.05) is 44.2 Å². The van der Waals surface area contributed by atoms with Gasteiger partial charge in [-0.05, 0) is 12.1 Å². The van der Waals surface area contributed by atoms with Crippen molar-refractivity contribution in [3.05, 3.63) is 41.9 Å². The van der Waals surface area contributed by atoms with Gasteiger partial charge in [-0.1, -0.05) is 29.3 Å². The highest BCUT2D eigenvalue weighted by atomic mass is 16.5. The van der Waals surface area contributed by atoms with Gasteiger partial charge in [-0.15, -0.1) is 5.10 Å². The van der Waals surface area contributed by atoms with E-state index >= 15 is 0 Å².